The first kappa shape index (κ1) is 19.9. The quantitative estimate of drug-likeness (QED) is 0.350. The molecule has 3 aromatic heterocycles. The van der Waals surface area contributed by atoms with Gasteiger partial charge < -0.3 is 10.6 Å². The number of aromatic nitrogens is 3. The number of thiophene rings is 1. The largest absolute Gasteiger partial charge is 0.367 e. The molecule has 2 amide bonds. The van der Waals surface area contributed by atoms with Crippen LogP contribution in [-0.2, 0) is 16.1 Å². The van der Waals surface area contributed by atoms with Crippen LogP contribution in [0.4, 0.5) is 11.6 Å². The molecule has 1 aliphatic carbocycles. The Morgan fingerprint density at radius 2 is 2.10 bits per heavy atom. The van der Waals surface area contributed by atoms with E-state index in [0.29, 0.717) is 23.8 Å². The van der Waals surface area contributed by atoms with Crippen molar-refractivity contribution >= 4 is 46.5 Å². The Morgan fingerprint density at radius 1 is 1.29 bits per heavy atom. The summed E-state index contributed by atoms with van der Waals surface area (Å²) in [6.45, 7) is 2.77. The van der Waals surface area contributed by atoms with Crippen molar-refractivity contribution in [3.8, 4) is 0 Å². The van der Waals surface area contributed by atoms with Crippen molar-refractivity contribution in [2.45, 2.75) is 38.8 Å². The van der Waals surface area contributed by atoms with Crippen LogP contribution in [0.15, 0.2) is 29.3 Å². The zero-order valence-corrected chi connectivity index (χ0v) is 18.6. The number of nitrogens with one attached hydrogen (secondary N) is 2. The van der Waals surface area contributed by atoms with Crippen LogP contribution in [0, 0.1) is 6.92 Å². The van der Waals surface area contributed by atoms with Gasteiger partial charge in [0, 0.05) is 22.5 Å². The van der Waals surface area contributed by atoms with Crippen molar-refractivity contribution in [2.75, 3.05) is 24.7 Å². The number of likely N-dealkylation sites (N-methyl/N-ethyl adjacent to an activating group) is 1. The highest BCUT2D eigenvalue weighted by Crippen LogP contribution is 2.30. The van der Waals surface area contributed by atoms with E-state index in [1.54, 1.807) is 42.2 Å². The number of carbonyl (C=O) groups is 2. The molecule has 0 radical (unpaired) electrons. The molecule has 5 rings (SSSR count). The zero-order chi connectivity index (χ0) is 21.8. The molecule has 2 aliphatic rings. The van der Waals surface area contributed by atoms with Crippen molar-refractivity contribution in [3.05, 3.63) is 45.3 Å². The predicted molar refractivity (Wildman–Crippen MR) is 121 cm³/mol. The minimum atomic E-state index is -0.250. The predicted octanol–water partition coefficient (Wildman–Crippen LogP) is 3.20. The average Bonchev–Trinajstić information content (AvgIpc) is 3.24. The molecule has 2 fully saturated rings. The Balaban J connectivity index is 1.51. The summed E-state index contributed by atoms with van der Waals surface area (Å²) in [6, 6.07) is 4.59. The lowest BCUT2D eigenvalue weighted by Crippen LogP contribution is -2.44. The summed E-state index contributed by atoms with van der Waals surface area (Å²) in [6.07, 6.45) is 5.88. The molecule has 1 aliphatic heterocycles. The van der Waals surface area contributed by atoms with Gasteiger partial charge in [0.25, 0.3) is 0 Å². The van der Waals surface area contributed by atoms with Crippen LogP contribution in [0.3, 0.4) is 0 Å². The SMILES string of the molecule is Cc1csc(CNc2cc(NC3CC3)n3ncc(C=C4CC(=O)[N+](C)(C)C4=O)c3n2)c1. The smallest absolute Gasteiger partial charge is 0.349 e. The summed E-state index contributed by atoms with van der Waals surface area (Å²) < 4.78 is 1.52. The van der Waals surface area contributed by atoms with Crippen molar-refractivity contribution in [3.63, 3.8) is 0 Å². The highest BCUT2D eigenvalue weighted by Gasteiger charge is 2.46. The van der Waals surface area contributed by atoms with Gasteiger partial charge in [0.2, 0.25) is 0 Å². The average molecular weight is 438 g/mol. The van der Waals surface area contributed by atoms with E-state index in [1.165, 1.54) is 10.4 Å². The fraction of sp³-hybridized carbons (Fsp3) is 0.364. The molecule has 3 aromatic rings. The number of rotatable bonds is 6. The van der Waals surface area contributed by atoms with E-state index in [9.17, 15) is 9.59 Å². The van der Waals surface area contributed by atoms with E-state index in [1.807, 2.05) is 6.07 Å². The van der Waals surface area contributed by atoms with E-state index in [-0.39, 0.29) is 22.7 Å². The van der Waals surface area contributed by atoms with Crippen LogP contribution in [0.2, 0.25) is 0 Å². The molecule has 0 unspecified atom stereocenters. The fourth-order valence-corrected chi connectivity index (χ4v) is 4.50. The van der Waals surface area contributed by atoms with Gasteiger partial charge in [-0.25, -0.2) is 14.6 Å². The van der Waals surface area contributed by atoms with Crippen molar-refractivity contribution in [1.82, 2.24) is 14.6 Å². The van der Waals surface area contributed by atoms with Crippen LogP contribution < -0.4 is 10.6 Å². The van der Waals surface area contributed by atoms with Gasteiger partial charge in [-0.3, -0.25) is 0 Å². The van der Waals surface area contributed by atoms with E-state index >= 15 is 0 Å². The topological polar surface area (TPSA) is 88.4 Å². The fourth-order valence-electron chi connectivity index (χ4n) is 3.68. The van der Waals surface area contributed by atoms with Gasteiger partial charge in [-0.05, 0) is 42.9 Å². The van der Waals surface area contributed by atoms with Crippen LogP contribution >= 0.6 is 11.3 Å². The molecule has 0 aromatic carbocycles. The number of amides is 2. The lowest BCUT2D eigenvalue weighted by molar-refractivity contribution is -0.727. The Labute approximate surface area is 184 Å². The number of likely N-dealkylation sites (tertiary alicyclic amines) is 1. The third-order valence-corrected chi connectivity index (χ3v) is 6.79. The van der Waals surface area contributed by atoms with Crippen molar-refractivity contribution in [2.24, 2.45) is 0 Å². The van der Waals surface area contributed by atoms with E-state index in [2.05, 4.69) is 34.1 Å². The van der Waals surface area contributed by atoms with Crippen molar-refractivity contribution < 1.29 is 14.1 Å². The lowest BCUT2D eigenvalue weighted by Gasteiger charge is -2.15. The Bertz CT molecular complexity index is 1230. The summed E-state index contributed by atoms with van der Waals surface area (Å²) >= 11 is 1.72. The number of nitrogens with zero attached hydrogens (tertiary/aromatic N) is 4. The van der Waals surface area contributed by atoms with Gasteiger partial charge in [0.1, 0.15) is 11.6 Å². The molecule has 31 heavy (non-hydrogen) atoms. The number of imide groups is 1. The summed E-state index contributed by atoms with van der Waals surface area (Å²) in [5.74, 6) is 1.33. The molecule has 0 bridgehead atoms. The maximum atomic E-state index is 12.7. The Hall–Kier alpha value is -3.04. The lowest BCUT2D eigenvalue weighted by atomic mass is 10.1. The van der Waals surface area contributed by atoms with Crippen LogP contribution in [0.5, 0.6) is 0 Å². The minimum absolute atomic E-state index is 0.106. The molecule has 160 valence electrons. The number of carbonyl (C=O) groups excluding carboxylic acids is 2. The highest BCUT2D eigenvalue weighted by atomic mass is 32.1. The molecule has 4 heterocycles. The number of aryl methyl sites for hydroxylation is 1. The summed E-state index contributed by atoms with van der Waals surface area (Å²) in [5, 5.41) is 13.6. The standard InChI is InChI=1S/C22H24N6O2S/c1-13-6-17(31-12-13)11-23-18-9-19(25-16-4-5-16)27-21(26-18)15(10-24-27)7-14-8-20(29)28(2,3)22(14)30/h6-7,9-10,12,16H,4-5,8,11H2,1-3H3,(H-,23,24,25,26,30)/p+1. The van der Waals surface area contributed by atoms with E-state index in [4.69, 9.17) is 4.98 Å². The number of anilines is 2. The Kier molecular flexibility index (Phi) is 4.67. The van der Waals surface area contributed by atoms with Crippen LogP contribution in [0.1, 0.15) is 35.3 Å². The molecule has 0 atom stereocenters. The molecule has 0 spiro atoms. The minimum Gasteiger partial charge on any atom is -0.367 e. The molecule has 1 saturated heterocycles. The molecule has 9 heteroatoms. The second-order valence-corrected chi connectivity index (χ2v) is 9.72. The van der Waals surface area contributed by atoms with E-state index in [0.717, 1.165) is 30.0 Å². The molecular weight excluding hydrogens is 412 g/mol. The third-order valence-electron chi connectivity index (χ3n) is 5.73. The second-order valence-electron chi connectivity index (χ2n) is 8.72. The summed E-state index contributed by atoms with van der Waals surface area (Å²) in [7, 11) is 3.26. The number of quaternary nitrogens is 1. The van der Waals surface area contributed by atoms with E-state index < -0.39 is 0 Å². The first-order valence-electron chi connectivity index (χ1n) is 10.4. The van der Waals surface area contributed by atoms with Crippen LogP contribution in [-0.4, -0.2) is 51.0 Å². The molecule has 2 N–H and O–H groups in total. The second kappa shape index (κ2) is 7.28. The first-order chi connectivity index (χ1) is 14.8. The monoisotopic (exact) mass is 437 g/mol. The summed E-state index contributed by atoms with van der Waals surface area (Å²) in [4.78, 5) is 30.9. The number of fused-ring (bicyclic) bond motifs is 1. The normalized spacial score (nSPS) is 19.5. The molecule has 8 nitrogen and oxygen atoms in total. The van der Waals surface area contributed by atoms with Crippen LogP contribution in [0.25, 0.3) is 11.7 Å². The summed E-state index contributed by atoms with van der Waals surface area (Å²) in [5.41, 5.74) is 3.13. The van der Waals surface area contributed by atoms with Gasteiger partial charge in [-0.1, -0.05) is 0 Å². The maximum Gasteiger partial charge on any atom is 0.349 e. The van der Waals surface area contributed by atoms with Gasteiger partial charge in [-0.15, -0.1) is 11.3 Å². The molecular formula is C22H25N6O2S+. The van der Waals surface area contributed by atoms with Gasteiger partial charge >= 0.3 is 11.8 Å². The number of hydrogen-bond donors (Lipinski definition) is 2. The third kappa shape index (κ3) is 3.75. The Morgan fingerprint density at radius 3 is 2.74 bits per heavy atom. The number of hydrogen-bond acceptors (Lipinski definition) is 7. The first-order valence-corrected chi connectivity index (χ1v) is 11.3. The van der Waals surface area contributed by atoms with Crippen molar-refractivity contribution in [1.29, 1.82) is 0 Å². The molecule has 1 saturated carbocycles. The van der Waals surface area contributed by atoms with Gasteiger partial charge in [0.05, 0.1) is 38.8 Å². The zero-order valence-electron chi connectivity index (χ0n) is 17.8. The van der Waals surface area contributed by atoms with Gasteiger partial charge in [0.15, 0.2) is 5.65 Å². The van der Waals surface area contributed by atoms with Gasteiger partial charge in [-0.2, -0.15) is 14.1 Å². The maximum absolute atomic E-state index is 12.7. The highest BCUT2D eigenvalue weighted by molar-refractivity contribution is 7.10.